The maximum absolute atomic E-state index is 11.4. The highest BCUT2D eigenvalue weighted by Gasteiger charge is 2.27. The third-order valence-corrected chi connectivity index (χ3v) is 15.2. The Labute approximate surface area is 396 Å². The van der Waals surface area contributed by atoms with Crippen LogP contribution in [0.15, 0.2) is 130 Å². The van der Waals surface area contributed by atoms with Crippen LogP contribution in [0.1, 0.15) is 56.3 Å². The Kier molecular flexibility index (Phi) is 15.7. The third-order valence-electron chi connectivity index (χ3n) is 11.3. The number of pyridine rings is 1. The highest BCUT2D eigenvalue weighted by Crippen LogP contribution is 2.48. The molecule has 16 heteroatoms. The molecule has 2 aliphatic heterocycles. The molecular formula is C50H56N4O8S4+2. The molecule has 0 atom stereocenters. The van der Waals surface area contributed by atoms with Gasteiger partial charge in [0, 0.05) is 71.5 Å². The molecular weight excluding hydrogens is 913 g/mol. The molecule has 0 spiro atoms. The fourth-order valence-corrected chi connectivity index (χ4v) is 11.4. The monoisotopic (exact) mass is 968 g/mol. The van der Waals surface area contributed by atoms with Crippen LogP contribution in [0.5, 0.6) is 11.5 Å². The number of thiazole rings is 1. The van der Waals surface area contributed by atoms with E-state index >= 15 is 0 Å². The number of aromatic nitrogens is 2. The number of ether oxygens (including phenoxy) is 2. The van der Waals surface area contributed by atoms with Gasteiger partial charge in [0.25, 0.3) is 25.2 Å². The number of benzene rings is 4. The summed E-state index contributed by atoms with van der Waals surface area (Å²) in [5.74, 6) is 0.685. The van der Waals surface area contributed by atoms with Crippen molar-refractivity contribution in [3.63, 3.8) is 0 Å². The number of nitrogens with zero attached hydrogens (tertiary/aromatic N) is 4. The lowest BCUT2D eigenvalue weighted by Gasteiger charge is -2.29. The average Bonchev–Trinajstić information content (AvgIpc) is 3.83. The molecule has 6 aromatic rings. The van der Waals surface area contributed by atoms with E-state index in [-0.39, 0.29) is 24.3 Å². The number of anilines is 2. The summed E-state index contributed by atoms with van der Waals surface area (Å²) in [6.45, 7) is 9.12. The maximum atomic E-state index is 11.4. The Morgan fingerprint density at radius 2 is 1.45 bits per heavy atom. The van der Waals surface area contributed by atoms with Crippen molar-refractivity contribution in [2.45, 2.75) is 58.0 Å². The molecule has 8 rings (SSSR count). The van der Waals surface area contributed by atoms with Crippen molar-refractivity contribution in [1.29, 1.82) is 0 Å². The maximum Gasteiger partial charge on any atom is 0.265 e. The van der Waals surface area contributed by atoms with Gasteiger partial charge in [-0.05, 0) is 92.4 Å². The average molecular weight is 969 g/mol. The summed E-state index contributed by atoms with van der Waals surface area (Å²) in [5, 5.41) is 3.11. The van der Waals surface area contributed by atoms with Gasteiger partial charge >= 0.3 is 0 Å². The SMILES string of the molecule is CCC(=C\c1sc2ccc(OC)cc2[n+]1CCCS(=O)(=O)O)/C=C1/Sc2ccc(OC)cc2N1CCCS(=O)(=O)O.CCN1/C(=C/c2ccc3ccccc3[n+]2CC)C=Cc2ccccc21. The number of hydrogen-bond donors (Lipinski definition) is 2. The number of hydrogen-bond acceptors (Lipinski definition) is 10. The molecule has 0 radical (unpaired) electrons. The Hall–Kier alpha value is -5.49. The van der Waals surface area contributed by atoms with E-state index in [0.717, 1.165) is 49.5 Å². The van der Waals surface area contributed by atoms with Crippen molar-refractivity contribution in [2.24, 2.45) is 0 Å². The van der Waals surface area contributed by atoms with E-state index < -0.39 is 20.2 Å². The lowest BCUT2D eigenvalue weighted by Crippen LogP contribution is -2.37. The number of aryl methyl sites for hydroxylation is 2. The van der Waals surface area contributed by atoms with Crippen LogP contribution in [0.2, 0.25) is 0 Å². The van der Waals surface area contributed by atoms with Crippen molar-refractivity contribution in [2.75, 3.05) is 48.6 Å². The van der Waals surface area contributed by atoms with Gasteiger partial charge in [-0.3, -0.25) is 9.11 Å². The second-order valence-electron chi connectivity index (χ2n) is 15.6. The fraction of sp³-hybridized carbons (Fsp3) is 0.280. The van der Waals surface area contributed by atoms with Crippen molar-refractivity contribution in [3.05, 3.63) is 142 Å². The van der Waals surface area contributed by atoms with E-state index in [2.05, 4.69) is 114 Å². The van der Waals surface area contributed by atoms with Gasteiger partial charge < -0.3 is 19.3 Å². The number of allylic oxidation sites excluding steroid dienone is 3. The van der Waals surface area contributed by atoms with Crippen LogP contribution in [0.3, 0.4) is 0 Å². The Morgan fingerprint density at radius 3 is 2.18 bits per heavy atom. The summed E-state index contributed by atoms with van der Waals surface area (Å²) in [7, 11) is -4.99. The van der Waals surface area contributed by atoms with Gasteiger partial charge in [0.1, 0.15) is 22.7 Å². The first-order valence-electron chi connectivity index (χ1n) is 21.9. The highest BCUT2D eigenvalue weighted by molar-refractivity contribution is 8.03. The largest absolute Gasteiger partial charge is 0.497 e. The number of likely N-dealkylation sites (N-methyl/N-ethyl adjacent to an activating group) is 1. The van der Waals surface area contributed by atoms with Gasteiger partial charge in [-0.15, -0.1) is 0 Å². The summed E-state index contributed by atoms with van der Waals surface area (Å²) in [4.78, 5) is 5.42. The summed E-state index contributed by atoms with van der Waals surface area (Å²) in [6.07, 6.45) is 12.0. The quantitative estimate of drug-likeness (QED) is 0.0707. The normalized spacial score (nSPS) is 15.0. The zero-order valence-corrected chi connectivity index (χ0v) is 41.0. The second-order valence-corrected chi connectivity index (χ2v) is 20.9. The van der Waals surface area contributed by atoms with Crippen LogP contribution >= 0.6 is 23.1 Å². The van der Waals surface area contributed by atoms with Gasteiger partial charge in [0.2, 0.25) is 16.7 Å². The molecule has 0 unspecified atom stereocenters. The summed E-state index contributed by atoms with van der Waals surface area (Å²) >= 11 is 3.14. The number of para-hydroxylation sites is 2. The Bertz CT molecular complexity index is 3090. The molecule has 4 heterocycles. The summed E-state index contributed by atoms with van der Waals surface area (Å²) in [5.41, 5.74) is 9.13. The van der Waals surface area contributed by atoms with E-state index in [1.165, 1.54) is 33.5 Å². The number of fused-ring (bicyclic) bond motifs is 4. The zero-order chi connectivity index (χ0) is 47.0. The van der Waals surface area contributed by atoms with Crippen molar-refractivity contribution < 1.29 is 44.5 Å². The predicted octanol–water partition coefficient (Wildman–Crippen LogP) is 10.1. The first-order chi connectivity index (χ1) is 31.7. The van der Waals surface area contributed by atoms with E-state index in [0.29, 0.717) is 31.0 Å². The lowest BCUT2D eigenvalue weighted by atomic mass is 10.0. The van der Waals surface area contributed by atoms with Crippen LogP contribution in [0, 0.1) is 0 Å². The van der Waals surface area contributed by atoms with Crippen LogP contribution in [0.25, 0.3) is 39.3 Å². The van der Waals surface area contributed by atoms with Crippen LogP contribution in [0.4, 0.5) is 11.4 Å². The smallest absolute Gasteiger partial charge is 0.265 e. The molecule has 0 bridgehead atoms. The zero-order valence-electron chi connectivity index (χ0n) is 37.8. The Morgan fingerprint density at radius 1 is 0.742 bits per heavy atom. The van der Waals surface area contributed by atoms with Gasteiger partial charge in [0.05, 0.1) is 42.5 Å². The number of methoxy groups -OCH3 is 2. The second kappa shape index (κ2) is 21.4. The van der Waals surface area contributed by atoms with Gasteiger partial charge in [-0.25, -0.2) is 0 Å². The van der Waals surface area contributed by atoms with Gasteiger partial charge in [-0.2, -0.15) is 26.0 Å². The van der Waals surface area contributed by atoms with Gasteiger partial charge in [-0.1, -0.05) is 66.4 Å². The molecule has 0 aliphatic carbocycles. The minimum absolute atomic E-state index is 0.241. The molecule has 0 saturated carbocycles. The van der Waals surface area contributed by atoms with Crippen LogP contribution in [-0.2, 0) is 33.3 Å². The fourth-order valence-electron chi connectivity index (χ4n) is 8.13. The van der Waals surface area contributed by atoms with E-state index in [4.69, 9.17) is 9.47 Å². The first-order valence-corrected chi connectivity index (χ1v) is 26.7. The highest BCUT2D eigenvalue weighted by atomic mass is 32.2. The molecule has 4 aromatic carbocycles. The molecule has 0 saturated heterocycles. The van der Waals surface area contributed by atoms with Gasteiger partial charge in [0.15, 0.2) is 6.54 Å². The van der Waals surface area contributed by atoms with E-state index in [1.54, 1.807) is 37.3 Å². The molecule has 66 heavy (non-hydrogen) atoms. The van der Waals surface area contributed by atoms with Crippen molar-refractivity contribution in [1.82, 2.24) is 0 Å². The molecule has 346 valence electrons. The molecule has 2 aliphatic rings. The van der Waals surface area contributed by atoms with Crippen LogP contribution < -0.4 is 28.4 Å². The first kappa shape index (κ1) is 48.4. The molecule has 2 aromatic heterocycles. The minimum Gasteiger partial charge on any atom is -0.497 e. The van der Waals surface area contributed by atoms with Crippen molar-refractivity contribution in [3.8, 4) is 11.5 Å². The molecule has 0 fully saturated rings. The summed E-state index contributed by atoms with van der Waals surface area (Å²) in [6, 6.07) is 33.1. The number of thioether (sulfide) groups is 1. The third kappa shape index (κ3) is 11.7. The molecule has 12 nitrogen and oxygen atoms in total. The predicted molar refractivity (Wildman–Crippen MR) is 269 cm³/mol. The lowest BCUT2D eigenvalue weighted by molar-refractivity contribution is -0.669. The standard InChI is InChI=1S/C27H32N2O8S4.C23H23N2/c1-4-19(15-26-28(11-5-13-40(30,31)32)22-17-20(36-2)7-9-24(22)38-26)16-27-29(12-6-14-41(33,34)35)23-18-21(37-3)8-10-25(23)39-27;1-3-24-20(15-13-18-9-5-7-11-22(18)24)17-21-16-14-19-10-6-8-12-23(19)25(21)4-2/h7-10,15-18H,4-6,11-14H2,1-3H3,(H-,30,31,32,33,34,35);5-17H,3-4H2,1-2H3/q;+1/p+1. The van der Waals surface area contributed by atoms with E-state index in [1.807, 2.05) is 52.8 Å². The minimum atomic E-state index is -4.08. The number of rotatable bonds is 16. The summed E-state index contributed by atoms with van der Waals surface area (Å²) < 4.78 is 80.2. The van der Waals surface area contributed by atoms with E-state index in [9.17, 15) is 25.9 Å². The Balaban J connectivity index is 0.000000220. The molecule has 2 N–H and O–H groups in total. The van der Waals surface area contributed by atoms with Crippen LogP contribution in [-0.4, -0.2) is 64.8 Å². The topological polar surface area (TPSA) is 141 Å². The van der Waals surface area contributed by atoms with Crippen molar-refractivity contribution >= 4 is 94.1 Å². The molecule has 0 amide bonds.